The van der Waals surface area contributed by atoms with E-state index in [-0.39, 0.29) is 22.6 Å². The Kier molecular flexibility index (Phi) is 3.21. The Hall–Kier alpha value is -3.02. The number of carboxylic acid groups (broad SMARTS) is 1. The number of carbonyl (C=O) groups excluding carboxylic acids is 1. The number of fused-ring (bicyclic) bond motifs is 1. The first-order valence-electron chi connectivity index (χ1n) is 6.66. The van der Waals surface area contributed by atoms with Crippen LogP contribution >= 0.6 is 0 Å². The van der Waals surface area contributed by atoms with Gasteiger partial charge >= 0.3 is 5.97 Å². The third-order valence-electron chi connectivity index (χ3n) is 3.81. The zero-order valence-corrected chi connectivity index (χ0v) is 11.4. The Morgan fingerprint density at radius 1 is 1.09 bits per heavy atom. The number of aromatic carboxylic acids is 1. The first-order valence-corrected chi connectivity index (χ1v) is 6.66. The number of carboxylic acids is 1. The number of hydrogen-bond donors (Lipinski definition) is 1. The molecule has 110 valence electrons. The van der Waals surface area contributed by atoms with Crippen molar-refractivity contribution in [3.8, 4) is 11.1 Å². The average Bonchev–Trinajstić information content (AvgIpc) is 2.88. The molecule has 1 aliphatic rings. The van der Waals surface area contributed by atoms with Crippen LogP contribution < -0.4 is 0 Å². The largest absolute Gasteiger partial charge is 0.478 e. The highest BCUT2D eigenvalue weighted by Crippen LogP contribution is 2.37. The summed E-state index contributed by atoms with van der Waals surface area (Å²) in [5, 5.41) is 20.3. The summed E-state index contributed by atoms with van der Waals surface area (Å²) >= 11 is 0. The quantitative estimate of drug-likeness (QED) is 0.693. The third-order valence-corrected chi connectivity index (χ3v) is 3.81. The fourth-order valence-electron chi connectivity index (χ4n) is 2.79. The molecule has 0 saturated carbocycles. The van der Waals surface area contributed by atoms with Crippen molar-refractivity contribution in [2.24, 2.45) is 0 Å². The second kappa shape index (κ2) is 5.07. The van der Waals surface area contributed by atoms with Gasteiger partial charge in [-0.2, -0.15) is 0 Å². The standard InChI is InChI=1S/C16H11NO5/c18-15-7-5-11-10(2-1-3-12(11)15)13-8-9(16(19)20)4-6-14(13)17(21)22/h1-4,6,8H,5,7H2,(H,19,20). The van der Waals surface area contributed by atoms with Gasteiger partial charge in [0.2, 0.25) is 0 Å². The maximum absolute atomic E-state index is 11.8. The van der Waals surface area contributed by atoms with Gasteiger partial charge in [-0.1, -0.05) is 18.2 Å². The molecule has 0 amide bonds. The molecule has 1 N–H and O–H groups in total. The molecule has 0 atom stereocenters. The summed E-state index contributed by atoms with van der Waals surface area (Å²) in [6.07, 6.45) is 0.886. The van der Waals surface area contributed by atoms with E-state index in [0.717, 1.165) is 5.56 Å². The highest BCUT2D eigenvalue weighted by Gasteiger charge is 2.26. The minimum Gasteiger partial charge on any atom is -0.478 e. The Morgan fingerprint density at radius 3 is 2.50 bits per heavy atom. The van der Waals surface area contributed by atoms with Crippen molar-refractivity contribution >= 4 is 17.4 Å². The molecule has 0 heterocycles. The fraction of sp³-hybridized carbons (Fsp3) is 0.125. The van der Waals surface area contributed by atoms with E-state index in [9.17, 15) is 19.7 Å². The van der Waals surface area contributed by atoms with Crippen molar-refractivity contribution in [2.45, 2.75) is 12.8 Å². The van der Waals surface area contributed by atoms with Crippen LogP contribution in [0.5, 0.6) is 0 Å². The molecule has 3 rings (SSSR count). The van der Waals surface area contributed by atoms with E-state index in [2.05, 4.69) is 0 Å². The van der Waals surface area contributed by atoms with E-state index in [0.29, 0.717) is 24.0 Å². The summed E-state index contributed by atoms with van der Waals surface area (Å²) in [5.41, 5.74) is 1.90. The van der Waals surface area contributed by atoms with Crippen LogP contribution in [0.25, 0.3) is 11.1 Å². The molecule has 22 heavy (non-hydrogen) atoms. The topological polar surface area (TPSA) is 97.5 Å². The van der Waals surface area contributed by atoms with Crippen LogP contribution in [0.4, 0.5) is 5.69 Å². The summed E-state index contributed by atoms with van der Waals surface area (Å²) in [6, 6.07) is 8.73. The van der Waals surface area contributed by atoms with Gasteiger partial charge in [0, 0.05) is 18.1 Å². The van der Waals surface area contributed by atoms with E-state index in [1.54, 1.807) is 18.2 Å². The van der Waals surface area contributed by atoms with Crippen LogP contribution in [0, 0.1) is 10.1 Å². The molecule has 6 nitrogen and oxygen atoms in total. The molecule has 0 unspecified atom stereocenters. The van der Waals surface area contributed by atoms with Crippen molar-refractivity contribution in [2.75, 3.05) is 0 Å². The normalized spacial score (nSPS) is 13.0. The summed E-state index contributed by atoms with van der Waals surface area (Å²) in [5.74, 6) is -1.14. The van der Waals surface area contributed by atoms with E-state index in [1.165, 1.54) is 18.2 Å². The summed E-state index contributed by atoms with van der Waals surface area (Å²) < 4.78 is 0. The highest BCUT2D eigenvalue weighted by atomic mass is 16.6. The van der Waals surface area contributed by atoms with Gasteiger partial charge in [0.15, 0.2) is 5.78 Å². The summed E-state index contributed by atoms with van der Waals surface area (Å²) in [4.78, 5) is 33.6. The smallest absolute Gasteiger partial charge is 0.335 e. The van der Waals surface area contributed by atoms with Crippen LogP contribution in [0.1, 0.15) is 32.7 Å². The average molecular weight is 297 g/mol. The minimum atomic E-state index is -1.15. The lowest BCUT2D eigenvalue weighted by atomic mass is 9.94. The van der Waals surface area contributed by atoms with Gasteiger partial charge in [0.1, 0.15) is 0 Å². The zero-order valence-electron chi connectivity index (χ0n) is 11.4. The van der Waals surface area contributed by atoms with Crippen molar-refractivity contribution < 1.29 is 19.6 Å². The molecule has 1 aliphatic carbocycles. The molecule has 0 spiro atoms. The van der Waals surface area contributed by atoms with Crippen LogP contribution in [0.3, 0.4) is 0 Å². The second-order valence-electron chi connectivity index (χ2n) is 5.05. The van der Waals surface area contributed by atoms with Gasteiger partial charge in [0.25, 0.3) is 5.69 Å². The Morgan fingerprint density at radius 2 is 1.82 bits per heavy atom. The molecule has 2 aromatic rings. The minimum absolute atomic E-state index is 0.00823. The number of Topliss-reactive ketones (excluding diaryl/α,β-unsaturated/α-hetero) is 1. The predicted molar refractivity (Wildman–Crippen MR) is 78.1 cm³/mol. The zero-order chi connectivity index (χ0) is 15.9. The Bertz CT molecular complexity index is 825. The first-order chi connectivity index (χ1) is 10.5. The van der Waals surface area contributed by atoms with Gasteiger partial charge < -0.3 is 5.11 Å². The monoisotopic (exact) mass is 297 g/mol. The Balaban J connectivity index is 2.28. The summed E-state index contributed by atoms with van der Waals surface area (Å²) in [7, 11) is 0. The lowest BCUT2D eigenvalue weighted by Crippen LogP contribution is -2.01. The van der Waals surface area contributed by atoms with Crippen molar-refractivity contribution in [3.63, 3.8) is 0 Å². The highest BCUT2D eigenvalue weighted by molar-refractivity contribution is 6.03. The molecule has 6 heteroatoms. The van der Waals surface area contributed by atoms with Gasteiger partial charge in [-0.05, 0) is 29.7 Å². The lowest BCUT2D eigenvalue weighted by molar-refractivity contribution is -0.384. The lowest BCUT2D eigenvalue weighted by Gasteiger charge is -2.09. The number of nitro benzene ring substituents is 1. The van der Waals surface area contributed by atoms with E-state index < -0.39 is 10.9 Å². The molecule has 0 bridgehead atoms. The van der Waals surface area contributed by atoms with Crippen molar-refractivity contribution in [1.29, 1.82) is 0 Å². The second-order valence-corrected chi connectivity index (χ2v) is 5.05. The van der Waals surface area contributed by atoms with Crippen LogP contribution in [-0.4, -0.2) is 21.8 Å². The van der Waals surface area contributed by atoms with Gasteiger partial charge in [-0.3, -0.25) is 14.9 Å². The maximum Gasteiger partial charge on any atom is 0.335 e. The van der Waals surface area contributed by atoms with E-state index >= 15 is 0 Å². The number of benzene rings is 2. The molecule has 0 saturated heterocycles. The molecular formula is C16H11NO5. The molecule has 2 aromatic carbocycles. The maximum atomic E-state index is 11.8. The Labute approximate surface area is 125 Å². The van der Waals surface area contributed by atoms with Crippen LogP contribution in [0.2, 0.25) is 0 Å². The molecule has 0 radical (unpaired) electrons. The van der Waals surface area contributed by atoms with Crippen molar-refractivity contribution in [1.82, 2.24) is 0 Å². The molecular weight excluding hydrogens is 286 g/mol. The van der Waals surface area contributed by atoms with E-state index in [4.69, 9.17) is 5.11 Å². The van der Waals surface area contributed by atoms with Gasteiger partial charge in [0.05, 0.1) is 16.1 Å². The number of carbonyl (C=O) groups is 2. The summed E-state index contributed by atoms with van der Waals surface area (Å²) in [6.45, 7) is 0. The van der Waals surface area contributed by atoms with Crippen LogP contribution in [0.15, 0.2) is 36.4 Å². The predicted octanol–water partition coefficient (Wildman–Crippen LogP) is 3.09. The molecule has 0 aromatic heterocycles. The molecule has 0 aliphatic heterocycles. The van der Waals surface area contributed by atoms with Crippen LogP contribution in [-0.2, 0) is 6.42 Å². The first kappa shape index (κ1) is 13.9. The third kappa shape index (κ3) is 2.14. The number of nitro groups is 1. The van der Waals surface area contributed by atoms with E-state index in [1.807, 2.05) is 0 Å². The fourth-order valence-corrected chi connectivity index (χ4v) is 2.79. The van der Waals surface area contributed by atoms with Gasteiger partial charge in [-0.15, -0.1) is 0 Å². The number of hydrogen-bond acceptors (Lipinski definition) is 4. The van der Waals surface area contributed by atoms with Crippen molar-refractivity contribution in [3.05, 3.63) is 63.2 Å². The number of rotatable bonds is 3. The van der Waals surface area contributed by atoms with Gasteiger partial charge in [-0.25, -0.2) is 4.79 Å². The number of nitrogens with zero attached hydrogens (tertiary/aromatic N) is 1. The SMILES string of the molecule is O=C(O)c1ccc([N+](=O)[O-])c(-c2cccc3c2CCC3=O)c1. The molecule has 0 fully saturated rings. The number of ketones is 1.